The zero-order valence-corrected chi connectivity index (χ0v) is 11.5. The van der Waals surface area contributed by atoms with Crippen LogP contribution in [0.3, 0.4) is 0 Å². The number of hydrogen-bond acceptors (Lipinski definition) is 3. The molecule has 1 aliphatic rings. The van der Waals surface area contributed by atoms with Crippen molar-refractivity contribution >= 4 is 17.8 Å². The van der Waals surface area contributed by atoms with Gasteiger partial charge in [-0.15, -0.1) is 0 Å². The molecule has 1 rings (SSSR count). The first kappa shape index (κ1) is 15.5. The lowest BCUT2D eigenvalue weighted by molar-refractivity contribution is -0.149. The topological polar surface area (TPSA) is 101 Å². The van der Waals surface area contributed by atoms with Crippen LogP contribution in [0.2, 0.25) is 0 Å². The molecule has 3 N–H and O–H groups in total. The molecular weight excluding hydrogens is 248 g/mol. The minimum absolute atomic E-state index is 0.144. The van der Waals surface area contributed by atoms with Crippen LogP contribution in [0.4, 0.5) is 0 Å². The molecule has 1 aliphatic carbocycles. The van der Waals surface area contributed by atoms with Crippen molar-refractivity contribution in [2.45, 2.75) is 33.1 Å². The summed E-state index contributed by atoms with van der Waals surface area (Å²) >= 11 is 0. The van der Waals surface area contributed by atoms with Gasteiger partial charge in [-0.2, -0.15) is 0 Å². The van der Waals surface area contributed by atoms with Crippen LogP contribution in [0.15, 0.2) is 0 Å². The summed E-state index contributed by atoms with van der Waals surface area (Å²) < 4.78 is 0. The monoisotopic (exact) mass is 270 g/mol. The largest absolute Gasteiger partial charge is 0.481 e. The number of hydrogen-bond donors (Lipinski definition) is 2. The summed E-state index contributed by atoms with van der Waals surface area (Å²) in [5.41, 5.74) is 5.10. The third-order valence-electron chi connectivity index (χ3n) is 3.91. The molecule has 0 aromatic carbocycles. The van der Waals surface area contributed by atoms with Crippen LogP contribution in [0.25, 0.3) is 0 Å². The van der Waals surface area contributed by atoms with Gasteiger partial charge in [0.1, 0.15) is 0 Å². The van der Waals surface area contributed by atoms with E-state index in [0.717, 1.165) is 6.42 Å². The Kier molecular flexibility index (Phi) is 5.32. The lowest BCUT2D eigenvalue weighted by atomic mass is 9.94. The summed E-state index contributed by atoms with van der Waals surface area (Å²) in [6, 6.07) is 0. The fraction of sp³-hybridized carbons (Fsp3) is 0.769. The van der Waals surface area contributed by atoms with Gasteiger partial charge in [0, 0.05) is 6.54 Å². The van der Waals surface area contributed by atoms with E-state index in [1.807, 2.05) is 6.92 Å². The second-order valence-corrected chi connectivity index (χ2v) is 5.12. The summed E-state index contributed by atoms with van der Waals surface area (Å²) in [6.45, 7) is 3.97. The Morgan fingerprint density at radius 2 is 1.79 bits per heavy atom. The Bertz CT molecular complexity index is 370. The lowest BCUT2D eigenvalue weighted by Crippen LogP contribution is -2.43. The van der Waals surface area contributed by atoms with Gasteiger partial charge in [-0.3, -0.25) is 14.4 Å². The molecule has 6 nitrogen and oxygen atoms in total. The zero-order valence-electron chi connectivity index (χ0n) is 11.5. The first-order chi connectivity index (χ1) is 8.90. The average Bonchev–Trinajstić information content (AvgIpc) is 2.79. The minimum atomic E-state index is -0.926. The fourth-order valence-electron chi connectivity index (χ4n) is 2.79. The van der Waals surface area contributed by atoms with E-state index in [1.165, 1.54) is 4.90 Å². The quantitative estimate of drug-likeness (QED) is 0.732. The van der Waals surface area contributed by atoms with E-state index < -0.39 is 23.7 Å². The summed E-state index contributed by atoms with van der Waals surface area (Å²) in [7, 11) is 0. The van der Waals surface area contributed by atoms with E-state index in [2.05, 4.69) is 0 Å². The molecule has 3 atom stereocenters. The van der Waals surface area contributed by atoms with E-state index in [0.29, 0.717) is 19.4 Å². The number of amides is 2. The van der Waals surface area contributed by atoms with Crippen molar-refractivity contribution in [3.05, 3.63) is 0 Å². The van der Waals surface area contributed by atoms with E-state index in [9.17, 15) is 19.5 Å². The van der Waals surface area contributed by atoms with E-state index >= 15 is 0 Å². The number of nitrogens with two attached hydrogens (primary N) is 1. The average molecular weight is 270 g/mol. The van der Waals surface area contributed by atoms with Crippen LogP contribution in [0, 0.1) is 17.8 Å². The number of carbonyl (C=O) groups excluding carboxylic acids is 2. The Hall–Kier alpha value is -1.59. The second kappa shape index (κ2) is 6.54. The summed E-state index contributed by atoms with van der Waals surface area (Å²) in [5, 5.41) is 9.22. The van der Waals surface area contributed by atoms with Crippen LogP contribution in [-0.4, -0.2) is 40.9 Å². The highest BCUT2D eigenvalue weighted by molar-refractivity contribution is 5.88. The predicted molar refractivity (Wildman–Crippen MR) is 69.1 cm³/mol. The summed E-state index contributed by atoms with van der Waals surface area (Å²) in [4.78, 5) is 35.9. The number of carboxylic acids is 1. The predicted octanol–water partition coefficient (Wildman–Crippen LogP) is 0.457. The van der Waals surface area contributed by atoms with Gasteiger partial charge in [-0.25, -0.2) is 0 Å². The highest BCUT2D eigenvalue weighted by Crippen LogP contribution is 2.39. The molecule has 1 saturated carbocycles. The van der Waals surface area contributed by atoms with Crippen LogP contribution >= 0.6 is 0 Å². The van der Waals surface area contributed by atoms with Gasteiger partial charge < -0.3 is 15.7 Å². The van der Waals surface area contributed by atoms with Crippen molar-refractivity contribution in [2.24, 2.45) is 23.5 Å². The maximum Gasteiger partial charge on any atom is 0.307 e. The first-order valence-electron chi connectivity index (χ1n) is 6.70. The van der Waals surface area contributed by atoms with Crippen molar-refractivity contribution in [2.75, 3.05) is 13.1 Å². The summed E-state index contributed by atoms with van der Waals surface area (Å²) in [6.07, 6.45) is 1.99. The van der Waals surface area contributed by atoms with E-state index in [-0.39, 0.29) is 18.4 Å². The van der Waals surface area contributed by atoms with Gasteiger partial charge in [-0.05, 0) is 25.7 Å². The van der Waals surface area contributed by atoms with E-state index in [1.54, 1.807) is 6.92 Å². The van der Waals surface area contributed by atoms with Crippen LogP contribution in [-0.2, 0) is 14.4 Å². The Morgan fingerprint density at radius 1 is 1.21 bits per heavy atom. The number of carboxylic acid groups (broad SMARTS) is 1. The Labute approximate surface area is 112 Å². The molecule has 6 heteroatoms. The normalized spacial score (nSPS) is 26.1. The molecule has 1 fully saturated rings. The van der Waals surface area contributed by atoms with Gasteiger partial charge in [0.2, 0.25) is 11.8 Å². The third-order valence-corrected chi connectivity index (χ3v) is 3.91. The standard InChI is InChI=1S/C13H22N2O4/c1-3-8-5-9(10(6-8)13(18)19)12(17)15(4-2)7-11(14)16/h8-10H,3-7H2,1-2H3,(H2,14,16)(H,18,19). The SMILES string of the molecule is CCC1CC(C(=O)O)C(C(=O)N(CC)CC(N)=O)C1. The van der Waals surface area contributed by atoms with Gasteiger partial charge in [0.05, 0.1) is 18.4 Å². The number of nitrogens with zero attached hydrogens (tertiary/aromatic N) is 1. The molecular formula is C13H22N2O4. The van der Waals surface area contributed by atoms with E-state index in [4.69, 9.17) is 5.73 Å². The maximum atomic E-state index is 12.3. The second-order valence-electron chi connectivity index (χ2n) is 5.12. The molecule has 0 aromatic rings. The molecule has 19 heavy (non-hydrogen) atoms. The molecule has 0 radical (unpaired) electrons. The van der Waals surface area contributed by atoms with Gasteiger partial charge >= 0.3 is 5.97 Å². The van der Waals surface area contributed by atoms with Crippen molar-refractivity contribution in [3.8, 4) is 0 Å². The number of carbonyl (C=O) groups is 3. The highest BCUT2D eigenvalue weighted by Gasteiger charge is 2.43. The lowest BCUT2D eigenvalue weighted by Gasteiger charge is -2.24. The molecule has 108 valence electrons. The molecule has 0 bridgehead atoms. The molecule has 0 spiro atoms. The van der Waals surface area contributed by atoms with Crippen molar-refractivity contribution < 1.29 is 19.5 Å². The number of likely N-dealkylation sites (N-methyl/N-ethyl adjacent to an activating group) is 1. The van der Waals surface area contributed by atoms with Gasteiger partial charge in [-0.1, -0.05) is 13.3 Å². The molecule has 0 aliphatic heterocycles. The number of primary amides is 1. The maximum absolute atomic E-state index is 12.3. The van der Waals surface area contributed by atoms with Gasteiger partial charge in [0.15, 0.2) is 0 Å². The molecule has 0 heterocycles. The Morgan fingerprint density at radius 3 is 2.21 bits per heavy atom. The zero-order chi connectivity index (χ0) is 14.6. The van der Waals surface area contributed by atoms with Crippen molar-refractivity contribution in [3.63, 3.8) is 0 Å². The molecule has 0 saturated heterocycles. The van der Waals surface area contributed by atoms with Crippen LogP contribution in [0.5, 0.6) is 0 Å². The third kappa shape index (κ3) is 3.68. The number of rotatable bonds is 6. The van der Waals surface area contributed by atoms with Gasteiger partial charge in [0.25, 0.3) is 0 Å². The van der Waals surface area contributed by atoms with Crippen LogP contribution in [0.1, 0.15) is 33.1 Å². The fourth-order valence-corrected chi connectivity index (χ4v) is 2.79. The molecule has 0 aromatic heterocycles. The van der Waals surface area contributed by atoms with Crippen molar-refractivity contribution in [1.29, 1.82) is 0 Å². The Balaban J connectivity index is 2.82. The minimum Gasteiger partial charge on any atom is -0.481 e. The number of aliphatic carboxylic acids is 1. The molecule has 2 amide bonds. The van der Waals surface area contributed by atoms with Crippen LogP contribution < -0.4 is 5.73 Å². The highest BCUT2D eigenvalue weighted by atomic mass is 16.4. The van der Waals surface area contributed by atoms with Crippen molar-refractivity contribution in [1.82, 2.24) is 4.90 Å². The first-order valence-corrected chi connectivity index (χ1v) is 6.70. The molecule has 3 unspecified atom stereocenters. The summed E-state index contributed by atoms with van der Waals surface area (Å²) in [5.74, 6) is -2.66. The smallest absolute Gasteiger partial charge is 0.307 e.